The molecule has 1 saturated carbocycles. The summed E-state index contributed by atoms with van der Waals surface area (Å²) in [6.07, 6.45) is 12.9. The van der Waals surface area contributed by atoms with Crippen molar-refractivity contribution < 1.29 is 0 Å². The molecule has 0 aliphatic heterocycles. The van der Waals surface area contributed by atoms with E-state index < -0.39 is 5.54 Å². The first kappa shape index (κ1) is 19.6. The summed E-state index contributed by atoms with van der Waals surface area (Å²) in [7, 11) is 0. The third-order valence-corrected chi connectivity index (χ3v) is 6.41. The number of imidazole rings is 1. The van der Waals surface area contributed by atoms with Crippen LogP contribution < -0.4 is 0 Å². The summed E-state index contributed by atoms with van der Waals surface area (Å²) in [6.45, 7) is 0. The lowest BCUT2D eigenvalue weighted by Gasteiger charge is -2.37. The first-order valence-electron chi connectivity index (χ1n) is 11.3. The maximum absolute atomic E-state index is 4.84. The molecule has 0 spiro atoms. The quantitative estimate of drug-likeness (QED) is 0.325. The average molecular weight is 405 g/mol. The number of allylic oxidation sites excluding steroid dienone is 1. The highest BCUT2D eigenvalue weighted by molar-refractivity contribution is 5.53. The van der Waals surface area contributed by atoms with Crippen molar-refractivity contribution in [2.24, 2.45) is 0 Å². The molecule has 0 saturated heterocycles. The minimum absolute atomic E-state index is 0.486. The van der Waals surface area contributed by atoms with Gasteiger partial charge >= 0.3 is 0 Å². The van der Waals surface area contributed by atoms with Crippen LogP contribution in [0, 0.1) is 0 Å². The molecular weight excluding hydrogens is 376 g/mol. The van der Waals surface area contributed by atoms with Crippen molar-refractivity contribution in [3.63, 3.8) is 0 Å². The van der Waals surface area contributed by atoms with E-state index in [0.29, 0.717) is 0 Å². The van der Waals surface area contributed by atoms with Crippen molar-refractivity contribution in [2.45, 2.75) is 37.6 Å². The molecule has 0 atom stereocenters. The third-order valence-electron chi connectivity index (χ3n) is 6.41. The first-order chi connectivity index (χ1) is 15.4. The average Bonchev–Trinajstić information content (AvgIpc) is 3.31. The molecule has 3 aromatic carbocycles. The molecule has 4 aromatic rings. The van der Waals surface area contributed by atoms with E-state index >= 15 is 0 Å². The Labute approximate surface area is 184 Å². The van der Waals surface area contributed by atoms with Crippen LogP contribution in [0.2, 0.25) is 0 Å². The summed E-state index contributed by atoms with van der Waals surface area (Å²) in [5.74, 6) is 0. The van der Waals surface area contributed by atoms with Gasteiger partial charge in [0.15, 0.2) is 0 Å². The largest absolute Gasteiger partial charge is 0.318 e. The predicted octanol–water partition coefficient (Wildman–Crippen LogP) is 7.07. The summed E-state index contributed by atoms with van der Waals surface area (Å²) in [4.78, 5) is 4.84. The highest BCUT2D eigenvalue weighted by atomic mass is 15.1. The van der Waals surface area contributed by atoms with Gasteiger partial charge in [-0.2, -0.15) is 0 Å². The Morgan fingerprint density at radius 3 is 1.61 bits per heavy atom. The zero-order valence-electron chi connectivity index (χ0n) is 17.8. The van der Waals surface area contributed by atoms with Crippen LogP contribution in [-0.4, -0.2) is 9.55 Å². The van der Waals surface area contributed by atoms with E-state index in [9.17, 15) is 0 Å². The van der Waals surface area contributed by atoms with Gasteiger partial charge in [0.05, 0.1) is 12.0 Å². The van der Waals surface area contributed by atoms with Crippen molar-refractivity contribution in [1.29, 1.82) is 0 Å². The van der Waals surface area contributed by atoms with Gasteiger partial charge in [-0.25, -0.2) is 4.98 Å². The molecule has 0 unspecified atom stereocenters. The van der Waals surface area contributed by atoms with Crippen molar-refractivity contribution in [1.82, 2.24) is 9.55 Å². The molecule has 0 radical (unpaired) electrons. The highest BCUT2D eigenvalue weighted by Crippen LogP contribution is 2.41. The Morgan fingerprint density at radius 2 is 1.13 bits per heavy atom. The molecule has 5 rings (SSSR count). The number of benzene rings is 3. The Morgan fingerprint density at radius 1 is 0.645 bits per heavy atom. The molecule has 1 aromatic heterocycles. The van der Waals surface area contributed by atoms with E-state index in [0.717, 1.165) is 5.69 Å². The van der Waals surface area contributed by atoms with Gasteiger partial charge in [-0.15, -0.1) is 0 Å². The number of nitrogens with zero attached hydrogens (tertiary/aromatic N) is 2. The molecule has 2 nitrogen and oxygen atoms in total. The molecule has 0 amide bonds. The smallest absolute Gasteiger partial charge is 0.121 e. The van der Waals surface area contributed by atoms with Gasteiger partial charge in [0.2, 0.25) is 0 Å². The number of rotatable bonds is 5. The molecule has 154 valence electrons. The predicted molar refractivity (Wildman–Crippen MR) is 128 cm³/mol. The van der Waals surface area contributed by atoms with Crippen LogP contribution in [0.4, 0.5) is 0 Å². The molecule has 1 heterocycles. The van der Waals surface area contributed by atoms with E-state index in [1.165, 1.54) is 54.4 Å². The topological polar surface area (TPSA) is 17.8 Å². The zero-order valence-corrected chi connectivity index (χ0v) is 17.8. The second-order valence-electron chi connectivity index (χ2n) is 8.38. The fourth-order valence-corrected chi connectivity index (χ4v) is 4.94. The normalized spacial score (nSPS) is 14.4. The molecular formula is C29H28N2. The van der Waals surface area contributed by atoms with Crippen LogP contribution in [0.1, 0.15) is 54.5 Å². The number of hydrogen-bond donors (Lipinski definition) is 0. The molecule has 31 heavy (non-hydrogen) atoms. The van der Waals surface area contributed by atoms with Crippen LogP contribution in [0.5, 0.6) is 0 Å². The molecule has 1 fully saturated rings. The van der Waals surface area contributed by atoms with Crippen LogP contribution in [0.3, 0.4) is 0 Å². The van der Waals surface area contributed by atoms with Crippen molar-refractivity contribution in [2.75, 3.05) is 0 Å². The van der Waals surface area contributed by atoms with E-state index in [1.54, 1.807) is 0 Å². The first-order valence-corrected chi connectivity index (χ1v) is 11.3. The monoisotopic (exact) mass is 404 g/mol. The van der Waals surface area contributed by atoms with Crippen molar-refractivity contribution >= 4 is 6.08 Å². The summed E-state index contributed by atoms with van der Waals surface area (Å²) in [5, 5.41) is 0. The van der Waals surface area contributed by atoms with Crippen LogP contribution in [0.15, 0.2) is 109 Å². The van der Waals surface area contributed by atoms with Crippen LogP contribution in [-0.2, 0) is 5.54 Å². The lowest BCUT2D eigenvalue weighted by Crippen LogP contribution is -2.36. The van der Waals surface area contributed by atoms with E-state index in [4.69, 9.17) is 4.98 Å². The summed E-state index contributed by atoms with van der Waals surface area (Å²) in [6, 6.07) is 32.3. The Kier molecular flexibility index (Phi) is 5.54. The third kappa shape index (κ3) is 3.74. The molecule has 2 heteroatoms. The van der Waals surface area contributed by atoms with Crippen molar-refractivity contribution in [3.8, 4) is 0 Å². The summed E-state index contributed by atoms with van der Waals surface area (Å²) in [5.41, 5.74) is 5.76. The second-order valence-corrected chi connectivity index (χ2v) is 8.38. The van der Waals surface area contributed by atoms with Gasteiger partial charge < -0.3 is 4.57 Å². The molecule has 1 aliphatic carbocycles. The standard InChI is InChI=1S/C29H28N2/c1-5-13-24(14-6-1)21-28-22-31(23-30-28)29(25-15-7-2-8-16-25,26-17-9-3-10-18-26)27-19-11-4-12-20-27/h2-4,7-12,15-23H,1,5-6,13-14H2. The highest BCUT2D eigenvalue weighted by Gasteiger charge is 2.38. The number of hydrogen-bond acceptors (Lipinski definition) is 1. The molecule has 1 aliphatic rings. The van der Waals surface area contributed by atoms with E-state index in [1.807, 2.05) is 6.33 Å². The maximum atomic E-state index is 4.84. The second kappa shape index (κ2) is 8.77. The SMILES string of the molecule is C(=C1CCCCC1)c1cn(C(c2ccccc2)(c2ccccc2)c2ccccc2)cn1. The maximum Gasteiger partial charge on any atom is 0.121 e. The Balaban J connectivity index is 1.73. The van der Waals surface area contributed by atoms with Gasteiger partial charge in [0.25, 0.3) is 0 Å². The van der Waals surface area contributed by atoms with Gasteiger partial charge in [-0.05, 0) is 48.4 Å². The Bertz CT molecular complexity index is 1040. The van der Waals surface area contributed by atoms with Crippen molar-refractivity contribution in [3.05, 3.63) is 131 Å². The number of aromatic nitrogens is 2. The lowest BCUT2D eigenvalue weighted by atomic mass is 9.77. The fraction of sp³-hybridized carbons (Fsp3) is 0.207. The van der Waals surface area contributed by atoms with Gasteiger partial charge in [0.1, 0.15) is 5.54 Å². The Hall–Kier alpha value is -3.39. The molecule has 0 bridgehead atoms. The minimum Gasteiger partial charge on any atom is -0.318 e. The lowest BCUT2D eigenvalue weighted by molar-refractivity contribution is 0.514. The zero-order chi connectivity index (χ0) is 20.9. The minimum atomic E-state index is -0.486. The summed E-state index contributed by atoms with van der Waals surface area (Å²) < 4.78 is 2.29. The van der Waals surface area contributed by atoms with Crippen LogP contribution >= 0.6 is 0 Å². The summed E-state index contributed by atoms with van der Waals surface area (Å²) >= 11 is 0. The van der Waals surface area contributed by atoms with Gasteiger partial charge in [-0.3, -0.25) is 0 Å². The van der Waals surface area contributed by atoms with Crippen LogP contribution in [0.25, 0.3) is 6.08 Å². The van der Waals surface area contributed by atoms with E-state index in [2.05, 4.69) is 108 Å². The fourth-order valence-electron chi connectivity index (χ4n) is 4.94. The molecule has 0 N–H and O–H groups in total. The van der Waals surface area contributed by atoms with E-state index in [-0.39, 0.29) is 0 Å². The van der Waals surface area contributed by atoms with Gasteiger partial charge in [-0.1, -0.05) is 103 Å². The van der Waals surface area contributed by atoms with Gasteiger partial charge in [0, 0.05) is 6.20 Å².